The predicted molar refractivity (Wildman–Crippen MR) is 85.8 cm³/mol. The average molecular weight is 303 g/mol. The number of aromatic nitrogens is 1. The van der Waals surface area contributed by atoms with Crippen LogP contribution in [0.2, 0.25) is 0 Å². The minimum Gasteiger partial charge on any atom is -0.378 e. The second-order valence-electron chi connectivity index (χ2n) is 6.32. The number of carbonyl (C=O) groups excluding carboxylic acids is 1. The highest BCUT2D eigenvalue weighted by Gasteiger charge is 2.24. The van der Waals surface area contributed by atoms with E-state index in [9.17, 15) is 4.79 Å². The molecule has 1 saturated heterocycles. The molecule has 1 aliphatic heterocycles. The molecule has 1 aromatic rings. The van der Waals surface area contributed by atoms with Crippen molar-refractivity contribution in [3.63, 3.8) is 0 Å². The summed E-state index contributed by atoms with van der Waals surface area (Å²) in [5.41, 5.74) is 0. The summed E-state index contributed by atoms with van der Waals surface area (Å²) in [6, 6.07) is 5.44. The number of hydrogen-bond acceptors (Lipinski definition) is 3. The van der Waals surface area contributed by atoms with Crippen LogP contribution in [0.3, 0.4) is 0 Å². The van der Waals surface area contributed by atoms with Gasteiger partial charge >= 0.3 is 6.03 Å². The van der Waals surface area contributed by atoms with Gasteiger partial charge in [-0.05, 0) is 43.7 Å². The number of carbonyl (C=O) groups is 1. The molecule has 0 atom stereocenters. The summed E-state index contributed by atoms with van der Waals surface area (Å²) in [6.45, 7) is 2.42. The van der Waals surface area contributed by atoms with Gasteiger partial charge in [0, 0.05) is 25.9 Å². The molecule has 22 heavy (non-hydrogen) atoms. The summed E-state index contributed by atoms with van der Waals surface area (Å²) >= 11 is 0. The van der Waals surface area contributed by atoms with Crippen molar-refractivity contribution in [3.05, 3.63) is 24.4 Å². The average Bonchev–Trinajstić information content (AvgIpc) is 3.08. The lowest BCUT2D eigenvalue weighted by molar-refractivity contribution is -0.00115. The molecule has 2 amide bonds. The van der Waals surface area contributed by atoms with Gasteiger partial charge in [-0.1, -0.05) is 18.9 Å². The topological polar surface area (TPSA) is 54.5 Å². The predicted octanol–water partition coefficient (Wildman–Crippen LogP) is 3.28. The van der Waals surface area contributed by atoms with Gasteiger partial charge < -0.3 is 9.64 Å². The Bertz CT molecular complexity index is 466. The Morgan fingerprint density at radius 2 is 2.00 bits per heavy atom. The largest absolute Gasteiger partial charge is 0.378 e. The quantitative estimate of drug-likeness (QED) is 0.928. The van der Waals surface area contributed by atoms with Gasteiger partial charge in [0.25, 0.3) is 0 Å². The van der Waals surface area contributed by atoms with Crippen LogP contribution in [0.5, 0.6) is 0 Å². The molecule has 1 aromatic heterocycles. The number of nitrogens with one attached hydrogen (secondary N) is 1. The Hall–Kier alpha value is -1.62. The van der Waals surface area contributed by atoms with Crippen molar-refractivity contribution in [2.75, 3.05) is 25.0 Å². The minimum atomic E-state index is -0.0621. The highest BCUT2D eigenvalue weighted by Crippen LogP contribution is 2.26. The third-order valence-corrected chi connectivity index (χ3v) is 4.67. The van der Waals surface area contributed by atoms with Crippen molar-refractivity contribution in [1.82, 2.24) is 9.88 Å². The first-order valence-corrected chi connectivity index (χ1v) is 8.40. The maximum absolute atomic E-state index is 12.2. The Balaban J connectivity index is 1.38. The molecule has 3 rings (SSSR count). The van der Waals surface area contributed by atoms with E-state index in [2.05, 4.69) is 10.3 Å². The molecule has 1 aliphatic carbocycles. The number of nitrogens with zero attached hydrogens (tertiary/aromatic N) is 2. The van der Waals surface area contributed by atoms with Gasteiger partial charge in [0.1, 0.15) is 5.82 Å². The van der Waals surface area contributed by atoms with Crippen molar-refractivity contribution in [2.45, 2.75) is 44.6 Å². The van der Waals surface area contributed by atoms with E-state index in [1.54, 1.807) is 12.3 Å². The fourth-order valence-electron chi connectivity index (χ4n) is 3.30. The summed E-state index contributed by atoms with van der Waals surface area (Å²) in [7, 11) is 0. The maximum atomic E-state index is 12.2. The second kappa shape index (κ2) is 7.58. The number of rotatable bonds is 4. The van der Waals surface area contributed by atoms with Crippen LogP contribution in [0.4, 0.5) is 10.6 Å². The van der Waals surface area contributed by atoms with E-state index >= 15 is 0 Å². The Labute approximate surface area is 132 Å². The lowest BCUT2D eigenvalue weighted by Gasteiger charge is -2.32. The number of urea groups is 1. The van der Waals surface area contributed by atoms with Gasteiger partial charge in [0.15, 0.2) is 0 Å². The van der Waals surface area contributed by atoms with Gasteiger partial charge in [-0.15, -0.1) is 0 Å². The lowest BCUT2D eigenvalue weighted by Crippen LogP contribution is -2.43. The molecule has 5 nitrogen and oxygen atoms in total. The van der Waals surface area contributed by atoms with Crippen LogP contribution >= 0.6 is 0 Å². The summed E-state index contributed by atoms with van der Waals surface area (Å²) in [5, 5.41) is 2.84. The fourth-order valence-corrected chi connectivity index (χ4v) is 3.30. The number of likely N-dealkylation sites (tertiary alicyclic amines) is 1. The number of piperidine rings is 1. The third-order valence-electron chi connectivity index (χ3n) is 4.67. The second-order valence-corrected chi connectivity index (χ2v) is 6.32. The van der Waals surface area contributed by atoms with Crippen LogP contribution in [0.15, 0.2) is 24.4 Å². The standard InChI is InChI=1S/C17H25N3O2/c21-17(19-16-7-3-4-10-18-16)20-11-8-15(9-12-20)22-13-14-5-1-2-6-14/h3-4,7,10,14-15H,1-2,5-6,8-9,11-13H2,(H,18,19,21). The van der Waals surface area contributed by atoms with E-state index in [-0.39, 0.29) is 6.03 Å². The fraction of sp³-hybridized carbons (Fsp3) is 0.647. The van der Waals surface area contributed by atoms with Gasteiger partial charge in [-0.3, -0.25) is 5.32 Å². The molecule has 1 N–H and O–H groups in total. The zero-order chi connectivity index (χ0) is 15.2. The highest BCUT2D eigenvalue weighted by atomic mass is 16.5. The Morgan fingerprint density at radius 3 is 2.68 bits per heavy atom. The maximum Gasteiger partial charge on any atom is 0.323 e. The molecule has 1 saturated carbocycles. The van der Waals surface area contributed by atoms with Crippen molar-refractivity contribution >= 4 is 11.8 Å². The van der Waals surface area contributed by atoms with Crippen molar-refractivity contribution in [1.29, 1.82) is 0 Å². The van der Waals surface area contributed by atoms with Crippen LogP contribution in [-0.2, 0) is 4.74 Å². The Morgan fingerprint density at radius 1 is 1.23 bits per heavy atom. The third kappa shape index (κ3) is 4.19. The minimum absolute atomic E-state index is 0.0621. The SMILES string of the molecule is O=C(Nc1ccccn1)N1CCC(OCC2CCCC2)CC1. The van der Waals surface area contributed by atoms with E-state index in [4.69, 9.17) is 4.74 Å². The summed E-state index contributed by atoms with van der Waals surface area (Å²) in [5.74, 6) is 1.37. The molecule has 0 aromatic carbocycles. The zero-order valence-electron chi connectivity index (χ0n) is 13.0. The van der Waals surface area contributed by atoms with E-state index in [1.807, 2.05) is 17.0 Å². The number of hydrogen-bond donors (Lipinski definition) is 1. The Kier molecular flexibility index (Phi) is 5.27. The van der Waals surface area contributed by atoms with Gasteiger partial charge in [0.2, 0.25) is 0 Å². The van der Waals surface area contributed by atoms with Crippen LogP contribution in [0, 0.1) is 5.92 Å². The van der Waals surface area contributed by atoms with Crippen LogP contribution in [0.1, 0.15) is 38.5 Å². The van der Waals surface area contributed by atoms with E-state index in [0.717, 1.165) is 38.5 Å². The highest BCUT2D eigenvalue weighted by molar-refractivity contribution is 5.88. The van der Waals surface area contributed by atoms with E-state index < -0.39 is 0 Å². The van der Waals surface area contributed by atoms with Gasteiger partial charge in [-0.2, -0.15) is 0 Å². The van der Waals surface area contributed by atoms with Crippen LogP contribution in [0.25, 0.3) is 0 Å². The first-order chi connectivity index (χ1) is 10.8. The molecule has 2 aliphatic rings. The van der Waals surface area contributed by atoms with E-state index in [1.165, 1.54) is 25.7 Å². The molecule has 120 valence electrons. The van der Waals surface area contributed by atoms with E-state index in [0.29, 0.717) is 11.9 Å². The summed E-state index contributed by atoms with van der Waals surface area (Å²) in [6.07, 6.45) is 9.24. The van der Waals surface area contributed by atoms with Gasteiger partial charge in [0.05, 0.1) is 6.10 Å². The van der Waals surface area contributed by atoms with Crippen molar-refractivity contribution in [2.24, 2.45) is 5.92 Å². The molecule has 0 radical (unpaired) electrons. The zero-order valence-corrected chi connectivity index (χ0v) is 13.0. The summed E-state index contributed by atoms with van der Waals surface area (Å²) in [4.78, 5) is 18.1. The molecular weight excluding hydrogens is 278 g/mol. The first-order valence-electron chi connectivity index (χ1n) is 8.40. The van der Waals surface area contributed by atoms with Crippen LogP contribution in [-0.4, -0.2) is 41.7 Å². The smallest absolute Gasteiger partial charge is 0.323 e. The summed E-state index contributed by atoms with van der Waals surface area (Å²) < 4.78 is 6.04. The lowest BCUT2D eigenvalue weighted by atomic mass is 10.1. The van der Waals surface area contributed by atoms with Gasteiger partial charge in [-0.25, -0.2) is 9.78 Å². The normalized spacial score (nSPS) is 20.3. The molecule has 2 fully saturated rings. The molecule has 5 heteroatoms. The number of ether oxygens (including phenoxy) is 1. The number of anilines is 1. The molecule has 0 bridgehead atoms. The van der Waals surface area contributed by atoms with Crippen LogP contribution < -0.4 is 5.32 Å². The van der Waals surface area contributed by atoms with Crippen molar-refractivity contribution < 1.29 is 9.53 Å². The monoisotopic (exact) mass is 303 g/mol. The molecule has 2 heterocycles. The first kappa shape index (κ1) is 15.3. The number of amides is 2. The van der Waals surface area contributed by atoms with Crippen molar-refractivity contribution in [3.8, 4) is 0 Å². The number of pyridine rings is 1. The molecular formula is C17H25N3O2. The molecule has 0 spiro atoms. The molecule has 0 unspecified atom stereocenters.